The third-order valence-corrected chi connectivity index (χ3v) is 2.35. The second kappa shape index (κ2) is 5.82. The Morgan fingerprint density at radius 3 is 2.83 bits per heavy atom. The van der Waals surface area contributed by atoms with E-state index in [1.54, 1.807) is 42.7 Å². The summed E-state index contributed by atoms with van der Waals surface area (Å²) in [5, 5.41) is 2.78. The topological polar surface area (TPSA) is 51.2 Å². The van der Waals surface area contributed by atoms with Crippen LogP contribution in [-0.4, -0.2) is 17.5 Å². The minimum Gasteiger partial charge on any atom is -0.493 e. The molecule has 0 radical (unpaired) electrons. The van der Waals surface area contributed by atoms with Gasteiger partial charge in [-0.1, -0.05) is 12.1 Å². The van der Waals surface area contributed by atoms with Gasteiger partial charge in [-0.25, -0.2) is 0 Å². The fourth-order valence-electron chi connectivity index (χ4n) is 1.57. The lowest BCUT2D eigenvalue weighted by Crippen LogP contribution is -2.13. The summed E-state index contributed by atoms with van der Waals surface area (Å²) >= 11 is 0. The number of rotatable bonds is 4. The number of para-hydroxylation sites is 1. The first-order chi connectivity index (χ1) is 8.81. The SMILES string of the molecule is CCOc1ccccc1C(=O)Nc1cccnc1. The molecule has 4 nitrogen and oxygen atoms in total. The summed E-state index contributed by atoms with van der Waals surface area (Å²) in [4.78, 5) is 16.0. The summed E-state index contributed by atoms with van der Waals surface area (Å²) in [6.07, 6.45) is 3.25. The Bertz CT molecular complexity index is 526. The van der Waals surface area contributed by atoms with Gasteiger partial charge in [-0.2, -0.15) is 0 Å². The van der Waals surface area contributed by atoms with Crippen LogP contribution < -0.4 is 10.1 Å². The number of aromatic nitrogens is 1. The van der Waals surface area contributed by atoms with E-state index in [1.807, 2.05) is 13.0 Å². The van der Waals surface area contributed by atoms with E-state index in [4.69, 9.17) is 4.74 Å². The van der Waals surface area contributed by atoms with Gasteiger partial charge in [0.25, 0.3) is 5.91 Å². The van der Waals surface area contributed by atoms with Crippen LogP contribution in [0.15, 0.2) is 48.8 Å². The van der Waals surface area contributed by atoms with E-state index < -0.39 is 0 Å². The first-order valence-corrected chi connectivity index (χ1v) is 5.74. The molecule has 1 aromatic heterocycles. The fraction of sp³-hybridized carbons (Fsp3) is 0.143. The largest absolute Gasteiger partial charge is 0.493 e. The Hall–Kier alpha value is -2.36. The second-order valence-electron chi connectivity index (χ2n) is 3.62. The molecule has 0 aliphatic heterocycles. The molecule has 1 heterocycles. The number of anilines is 1. The van der Waals surface area contributed by atoms with Crippen LogP contribution in [0, 0.1) is 0 Å². The zero-order chi connectivity index (χ0) is 12.8. The summed E-state index contributed by atoms with van der Waals surface area (Å²) in [5.41, 5.74) is 1.18. The molecular weight excluding hydrogens is 228 g/mol. The fourth-order valence-corrected chi connectivity index (χ4v) is 1.57. The van der Waals surface area contributed by atoms with E-state index >= 15 is 0 Å². The molecule has 0 atom stereocenters. The predicted octanol–water partition coefficient (Wildman–Crippen LogP) is 2.73. The van der Waals surface area contributed by atoms with Crippen molar-refractivity contribution in [3.05, 3.63) is 54.4 Å². The molecule has 0 aliphatic rings. The number of ether oxygens (including phenoxy) is 1. The summed E-state index contributed by atoms with van der Waals surface area (Å²) in [6, 6.07) is 10.7. The van der Waals surface area contributed by atoms with E-state index in [-0.39, 0.29) is 5.91 Å². The highest BCUT2D eigenvalue weighted by molar-refractivity contribution is 6.06. The van der Waals surface area contributed by atoms with Gasteiger partial charge in [0.2, 0.25) is 0 Å². The van der Waals surface area contributed by atoms with Crippen LogP contribution in [-0.2, 0) is 0 Å². The standard InChI is InChI=1S/C14H14N2O2/c1-2-18-13-8-4-3-7-12(13)14(17)16-11-6-5-9-15-10-11/h3-10H,2H2,1H3,(H,16,17). The van der Waals surface area contributed by atoms with Gasteiger partial charge >= 0.3 is 0 Å². The van der Waals surface area contributed by atoms with Crippen LogP contribution in [0.4, 0.5) is 5.69 Å². The van der Waals surface area contributed by atoms with Gasteiger partial charge in [0, 0.05) is 6.20 Å². The van der Waals surface area contributed by atoms with Crippen LogP contribution in [0.1, 0.15) is 17.3 Å². The van der Waals surface area contributed by atoms with Crippen LogP contribution in [0.5, 0.6) is 5.75 Å². The molecule has 18 heavy (non-hydrogen) atoms. The van der Waals surface area contributed by atoms with Gasteiger partial charge in [-0.3, -0.25) is 9.78 Å². The number of hydrogen-bond acceptors (Lipinski definition) is 3. The van der Waals surface area contributed by atoms with Gasteiger partial charge in [0.1, 0.15) is 5.75 Å². The second-order valence-corrected chi connectivity index (χ2v) is 3.62. The zero-order valence-electron chi connectivity index (χ0n) is 10.1. The highest BCUT2D eigenvalue weighted by Gasteiger charge is 2.11. The minimum absolute atomic E-state index is 0.202. The van der Waals surface area contributed by atoms with Gasteiger partial charge in [0.05, 0.1) is 24.1 Å². The maximum atomic E-state index is 12.1. The van der Waals surface area contributed by atoms with Gasteiger partial charge in [0.15, 0.2) is 0 Å². The molecule has 0 bridgehead atoms. The molecule has 1 amide bonds. The minimum atomic E-state index is -0.202. The summed E-state index contributed by atoms with van der Waals surface area (Å²) < 4.78 is 5.42. The molecule has 2 aromatic rings. The van der Waals surface area contributed by atoms with Crippen molar-refractivity contribution in [3.63, 3.8) is 0 Å². The molecular formula is C14H14N2O2. The van der Waals surface area contributed by atoms with E-state index in [9.17, 15) is 4.79 Å². The lowest BCUT2D eigenvalue weighted by atomic mass is 10.2. The molecule has 0 unspecified atom stereocenters. The molecule has 1 N–H and O–H groups in total. The quantitative estimate of drug-likeness (QED) is 0.896. The summed E-state index contributed by atoms with van der Waals surface area (Å²) in [6.45, 7) is 2.41. The number of carbonyl (C=O) groups excluding carboxylic acids is 1. The molecule has 2 rings (SSSR count). The lowest BCUT2D eigenvalue weighted by molar-refractivity contribution is 0.102. The average Bonchev–Trinajstić information content (AvgIpc) is 2.41. The number of nitrogens with one attached hydrogen (secondary N) is 1. The third-order valence-electron chi connectivity index (χ3n) is 2.35. The first kappa shape index (κ1) is 12.1. The number of hydrogen-bond donors (Lipinski definition) is 1. The highest BCUT2D eigenvalue weighted by atomic mass is 16.5. The summed E-state index contributed by atoms with van der Waals surface area (Å²) in [5.74, 6) is 0.383. The van der Waals surface area contributed by atoms with Crippen molar-refractivity contribution < 1.29 is 9.53 Å². The molecule has 0 saturated heterocycles. The predicted molar refractivity (Wildman–Crippen MR) is 69.8 cm³/mol. The van der Waals surface area contributed by atoms with E-state index in [2.05, 4.69) is 10.3 Å². The van der Waals surface area contributed by atoms with Crippen molar-refractivity contribution in [1.29, 1.82) is 0 Å². The van der Waals surface area contributed by atoms with E-state index in [1.165, 1.54) is 0 Å². The maximum Gasteiger partial charge on any atom is 0.259 e. The number of benzene rings is 1. The molecule has 0 aliphatic carbocycles. The maximum absolute atomic E-state index is 12.1. The van der Waals surface area contributed by atoms with Gasteiger partial charge < -0.3 is 10.1 Å². The molecule has 0 spiro atoms. The van der Waals surface area contributed by atoms with Crippen LogP contribution in [0.25, 0.3) is 0 Å². The van der Waals surface area contributed by atoms with Crippen molar-refractivity contribution in [1.82, 2.24) is 4.98 Å². The van der Waals surface area contributed by atoms with Crippen molar-refractivity contribution in [2.24, 2.45) is 0 Å². The van der Waals surface area contributed by atoms with Gasteiger partial charge in [-0.15, -0.1) is 0 Å². The Morgan fingerprint density at radius 1 is 1.28 bits per heavy atom. The van der Waals surface area contributed by atoms with Crippen molar-refractivity contribution in [3.8, 4) is 5.75 Å². The average molecular weight is 242 g/mol. The number of pyridine rings is 1. The zero-order valence-corrected chi connectivity index (χ0v) is 10.1. The molecule has 0 fully saturated rings. The lowest BCUT2D eigenvalue weighted by Gasteiger charge is -2.10. The van der Waals surface area contributed by atoms with Crippen molar-refractivity contribution >= 4 is 11.6 Å². The van der Waals surface area contributed by atoms with Crippen LogP contribution in [0.2, 0.25) is 0 Å². The van der Waals surface area contributed by atoms with Crippen molar-refractivity contribution in [2.45, 2.75) is 6.92 Å². The first-order valence-electron chi connectivity index (χ1n) is 5.74. The normalized spacial score (nSPS) is 9.83. The number of amides is 1. The Labute approximate surface area is 106 Å². The highest BCUT2D eigenvalue weighted by Crippen LogP contribution is 2.19. The van der Waals surface area contributed by atoms with E-state index in [0.29, 0.717) is 23.6 Å². The van der Waals surface area contributed by atoms with Crippen LogP contribution >= 0.6 is 0 Å². The van der Waals surface area contributed by atoms with E-state index in [0.717, 1.165) is 0 Å². The third kappa shape index (κ3) is 2.85. The Morgan fingerprint density at radius 2 is 2.11 bits per heavy atom. The Balaban J connectivity index is 2.19. The Kier molecular flexibility index (Phi) is 3.91. The summed E-state index contributed by atoms with van der Waals surface area (Å²) in [7, 11) is 0. The molecule has 92 valence electrons. The van der Waals surface area contributed by atoms with Crippen LogP contribution in [0.3, 0.4) is 0 Å². The molecule has 4 heteroatoms. The smallest absolute Gasteiger partial charge is 0.259 e. The molecule has 1 aromatic carbocycles. The van der Waals surface area contributed by atoms with Crippen molar-refractivity contribution in [2.75, 3.05) is 11.9 Å². The number of nitrogens with zero attached hydrogens (tertiary/aromatic N) is 1. The monoisotopic (exact) mass is 242 g/mol. The molecule has 0 saturated carbocycles. The number of carbonyl (C=O) groups is 1. The van der Waals surface area contributed by atoms with Gasteiger partial charge in [-0.05, 0) is 31.2 Å².